The fourth-order valence-corrected chi connectivity index (χ4v) is 1.93. The van der Waals surface area contributed by atoms with E-state index in [2.05, 4.69) is 4.98 Å². The molecule has 0 spiro atoms. The van der Waals surface area contributed by atoms with E-state index >= 15 is 0 Å². The molecular weight excluding hydrogens is 262 g/mol. The van der Waals surface area contributed by atoms with Crippen LogP contribution in [0.5, 0.6) is 0 Å². The molecule has 98 valence electrons. The Labute approximate surface area is 116 Å². The Kier molecular flexibility index (Phi) is 3.71. The summed E-state index contributed by atoms with van der Waals surface area (Å²) < 4.78 is 0. The van der Waals surface area contributed by atoms with Gasteiger partial charge in [-0.1, -0.05) is 17.7 Å². The largest absolute Gasteiger partial charge is 0.399 e. The number of amides is 1. The SMILES string of the molecule is CC(=O)N(c1ccc(C)c(Cl)c1)c1cc(N)ccn1. The van der Waals surface area contributed by atoms with Gasteiger partial charge in [0.25, 0.3) is 0 Å². The second kappa shape index (κ2) is 5.28. The number of nitrogens with zero attached hydrogens (tertiary/aromatic N) is 2. The minimum Gasteiger partial charge on any atom is -0.399 e. The zero-order valence-corrected chi connectivity index (χ0v) is 11.5. The van der Waals surface area contributed by atoms with Crippen molar-refractivity contribution in [1.29, 1.82) is 0 Å². The van der Waals surface area contributed by atoms with Gasteiger partial charge in [0, 0.05) is 29.9 Å². The van der Waals surface area contributed by atoms with Gasteiger partial charge >= 0.3 is 0 Å². The summed E-state index contributed by atoms with van der Waals surface area (Å²) in [5, 5.41) is 0.604. The minimum atomic E-state index is -0.155. The molecule has 0 fully saturated rings. The number of aromatic nitrogens is 1. The molecule has 2 aromatic rings. The average molecular weight is 276 g/mol. The highest BCUT2D eigenvalue weighted by atomic mass is 35.5. The topological polar surface area (TPSA) is 59.2 Å². The Morgan fingerprint density at radius 1 is 1.32 bits per heavy atom. The van der Waals surface area contributed by atoms with Crippen LogP contribution in [-0.4, -0.2) is 10.9 Å². The molecule has 0 saturated carbocycles. The van der Waals surface area contributed by atoms with Crippen molar-refractivity contribution in [3.05, 3.63) is 47.1 Å². The number of rotatable bonds is 2. The smallest absolute Gasteiger partial charge is 0.229 e. The van der Waals surface area contributed by atoms with Gasteiger partial charge in [0.2, 0.25) is 5.91 Å². The van der Waals surface area contributed by atoms with Gasteiger partial charge in [-0.05, 0) is 30.7 Å². The summed E-state index contributed by atoms with van der Waals surface area (Å²) in [7, 11) is 0. The van der Waals surface area contributed by atoms with Crippen molar-refractivity contribution in [1.82, 2.24) is 4.98 Å². The molecule has 5 heteroatoms. The van der Waals surface area contributed by atoms with Crippen LogP contribution in [0.2, 0.25) is 5.02 Å². The molecule has 2 rings (SSSR count). The van der Waals surface area contributed by atoms with Crippen LogP contribution in [0.15, 0.2) is 36.5 Å². The zero-order valence-electron chi connectivity index (χ0n) is 10.7. The molecule has 1 aromatic heterocycles. The Morgan fingerprint density at radius 3 is 2.63 bits per heavy atom. The summed E-state index contributed by atoms with van der Waals surface area (Å²) in [6.07, 6.45) is 1.57. The highest BCUT2D eigenvalue weighted by molar-refractivity contribution is 6.31. The molecule has 0 atom stereocenters. The van der Waals surface area contributed by atoms with Crippen LogP contribution in [0.4, 0.5) is 17.2 Å². The van der Waals surface area contributed by atoms with E-state index in [1.807, 2.05) is 19.1 Å². The van der Waals surface area contributed by atoms with Crippen LogP contribution in [0, 0.1) is 6.92 Å². The number of hydrogen-bond acceptors (Lipinski definition) is 3. The van der Waals surface area contributed by atoms with Crippen LogP contribution < -0.4 is 10.6 Å². The summed E-state index contributed by atoms with van der Waals surface area (Å²) in [5.41, 5.74) is 7.90. The molecule has 1 amide bonds. The van der Waals surface area contributed by atoms with Crippen molar-refractivity contribution in [3.8, 4) is 0 Å². The third-order valence-electron chi connectivity index (χ3n) is 2.73. The highest BCUT2D eigenvalue weighted by Crippen LogP contribution is 2.28. The van der Waals surface area contributed by atoms with E-state index in [0.717, 1.165) is 5.56 Å². The first kappa shape index (κ1) is 13.4. The van der Waals surface area contributed by atoms with Crippen LogP contribution in [0.1, 0.15) is 12.5 Å². The summed E-state index contributed by atoms with van der Waals surface area (Å²) in [5.74, 6) is 0.324. The number of anilines is 3. The molecule has 1 aromatic carbocycles. The Morgan fingerprint density at radius 2 is 2.05 bits per heavy atom. The number of pyridine rings is 1. The molecule has 0 unspecified atom stereocenters. The maximum Gasteiger partial charge on any atom is 0.229 e. The number of aryl methyl sites for hydroxylation is 1. The van der Waals surface area contributed by atoms with Gasteiger partial charge in [-0.2, -0.15) is 0 Å². The number of benzene rings is 1. The Bertz CT molecular complexity index is 628. The van der Waals surface area contributed by atoms with Gasteiger partial charge in [0.1, 0.15) is 5.82 Å². The van der Waals surface area contributed by atoms with Gasteiger partial charge in [0.15, 0.2) is 0 Å². The van der Waals surface area contributed by atoms with E-state index < -0.39 is 0 Å². The van der Waals surface area contributed by atoms with E-state index in [4.69, 9.17) is 17.3 Å². The number of nitrogens with two attached hydrogens (primary N) is 1. The predicted molar refractivity (Wildman–Crippen MR) is 77.7 cm³/mol. The van der Waals surface area contributed by atoms with Gasteiger partial charge in [0.05, 0.1) is 5.69 Å². The van der Waals surface area contributed by atoms with Crippen LogP contribution >= 0.6 is 11.6 Å². The quantitative estimate of drug-likeness (QED) is 0.915. The molecule has 0 aliphatic rings. The van der Waals surface area contributed by atoms with E-state index in [0.29, 0.717) is 22.2 Å². The maximum absolute atomic E-state index is 11.9. The second-order valence-corrected chi connectivity index (χ2v) is 4.64. The van der Waals surface area contributed by atoms with E-state index in [1.165, 1.54) is 11.8 Å². The summed E-state index contributed by atoms with van der Waals surface area (Å²) in [6, 6.07) is 8.75. The lowest BCUT2D eigenvalue weighted by Crippen LogP contribution is -2.23. The molecule has 0 radical (unpaired) electrons. The monoisotopic (exact) mass is 275 g/mol. The third-order valence-corrected chi connectivity index (χ3v) is 3.13. The molecule has 2 N–H and O–H groups in total. The van der Waals surface area contributed by atoms with Gasteiger partial charge in [-0.15, -0.1) is 0 Å². The normalized spacial score (nSPS) is 10.3. The average Bonchev–Trinajstić information content (AvgIpc) is 2.33. The van der Waals surface area contributed by atoms with Crippen molar-refractivity contribution in [2.75, 3.05) is 10.6 Å². The first-order valence-corrected chi connectivity index (χ1v) is 6.15. The maximum atomic E-state index is 11.9. The molecule has 1 heterocycles. The van der Waals surface area contributed by atoms with Crippen molar-refractivity contribution < 1.29 is 4.79 Å². The lowest BCUT2D eigenvalue weighted by atomic mass is 10.2. The lowest BCUT2D eigenvalue weighted by Gasteiger charge is -2.21. The molecule has 0 aliphatic heterocycles. The minimum absolute atomic E-state index is 0.155. The number of carbonyl (C=O) groups excluding carboxylic acids is 1. The van der Waals surface area contributed by atoms with Gasteiger partial charge < -0.3 is 5.73 Å². The third kappa shape index (κ3) is 2.85. The fourth-order valence-electron chi connectivity index (χ4n) is 1.75. The van der Waals surface area contributed by atoms with Crippen molar-refractivity contribution in [2.45, 2.75) is 13.8 Å². The predicted octanol–water partition coefficient (Wildman–Crippen LogP) is 3.31. The Hall–Kier alpha value is -2.07. The number of carbonyl (C=O) groups is 1. The summed E-state index contributed by atoms with van der Waals surface area (Å²) >= 11 is 6.10. The van der Waals surface area contributed by atoms with Crippen molar-refractivity contribution in [3.63, 3.8) is 0 Å². The molecule has 4 nitrogen and oxygen atoms in total. The molecule has 0 bridgehead atoms. The Balaban J connectivity index is 2.51. The standard InChI is InChI=1S/C14H14ClN3O/c1-9-3-4-12(8-13(9)15)18(10(2)19)14-7-11(16)5-6-17-14/h3-8H,1-2H3,(H2,16,17). The molecule has 0 saturated heterocycles. The number of nitrogen functional groups attached to an aromatic ring is 1. The van der Waals surface area contributed by atoms with Gasteiger partial charge in [-0.3, -0.25) is 9.69 Å². The van der Waals surface area contributed by atoms with E-state index in [-0.39, 0.29) is 5.91 Å². The van der Waals surface area contributed by atoms with Gasteiger partial charge in [-0.25, -0.2) is 4.98 Å². The molecular formula is C14H14ClN3O. The van der Waals surface area contributed by atoms with Crippen molar-refractivity contribution in [2.24, 2.45) is 0 Å². The molecule has 0 aliphatic carbocycles. The summed E-state index contributed by atoms with van der Waals surface area (Å²) in [4.78, 5) is 17.5. The first-order valence-electron chi connectivity index (χ1n) is 5.77. The fraction of sp³-hybridized carbons (Fsp3) is 0.143. The number of halogens is 1. The lowest BCUT2D eigenvalue weighted by molar-refractivity contribution is -0.115. The van der Waals surface area contributed by atoms with E-state index in [1.54, 1.807) is 24.4 Å². The second-order valence-electron chi connectivity index (χ2n) is 4.24. The summed E-state index contributed by atoms with van der Waals surface area (Å²) in [6.45, 7) is 3.38. The van der Waals surface area contributed by atoms with E-state index in [9.17, 15) is 4.79 Å². The van der Waals surface area contributed by atoms with Crippen molar-refractivity contribution >= 4 is 34.7 Å². The van der Waals surface area contributed by atoms with Crippen LogP contribution in [-0.2, 0) is 4.79 Å². The number of hydrogen-bond donors (Lipinski definition) is 1. The molecule has 19 heavy (non-hydrogen) atoms. The highest BCUT2D eigenvalue weighted by Gasteiger charge is 2.16. The van der Waals surface area contributed by atoms with Crippen LogP contribution in [0.3, 0.4) is 0 Å². The van der Waals surface area contributed by atoms with Crippen LogP contribution in [0.25, 0.3) is 0 Å². The first-order chi connectivity index (χ1) is 8.99. The zero-order chi connectivity index (χ0) is 14.0.